The highest BCUT2D eigenvalue weighted by atomic mass is 35.5. The number of aliphatic hydroxyl groups excluding tert-OH is 1. The Morgan fingerprint density at radius 1 is 0.885 bits per heavy atom. The molecular formula is C44H30Cl2F3N5O7. The predicted molar refractivity (Wildman–Crippen MR) is 213 cm³/mol. The summed E-state index contributed by atoms with van der Waals surface area (Å²) in [5.41, 5.74) is 2.85. The number of rotatable bonds is 7. The Bertz CT molecular complexity index is 2810. The Morgan fingerprint density at radius 3 is 2.33 bits per heavy atom. The van der Waals surface area contributed by atoms with Crippen LogP contribution in [0.2, 0.25) is 10.0 Å². The Hall–Kier alpha value is -6.29. The zero-order chi connectivity index (χ0) is 42.5. The average Bonchev–Trinajstić information content (AvgIpc) is 4.01. The number of aromatic nitrogens is 2. The lowest BCUT2D eigenvalue weighted by atomic mass is 9.50. The van der Waals surface area contributed by atoms with Crippen molar-refractivity contribution < 1.29 is 46.3 Å². The first-order chi connectivity index (χ1) is 29.3. The second-order valence-corrected chi connectivity index (χ2v) is 16.3. The van der Waals surface area contributed by atoms with Gasteiger partial charge in [-0.25, -0.2) is 9.97 Å². The van der Waals surface area contributed by atoms with E-state index in [0.29, 0.717) is 61.7 Å². The van der Waals surface area contributed by atoms with E-state index in [-0.39, 0.29) is 30.2 Å². The van der Waals surface area contributed by atoms with Crippen molar-refractivity contribution >= 4 is 69.4 Å². The summed E-state index contributed by atoms with van der Waals surface area (Å²) in [4.78, 5) is 68.7. The van der Waals surface area contributed by atoms with E-state index in [9.17, 15) is 32.7 Å². The van der Waals surface area contributed by atoms with Crippen molar-refractivity contribution in [1.82, 2.24) is 15.0 Å². The molecule has 2 aliphatic carbocycles. The lowest BCUT2D eigenvalue weighted by molar-refractivity contribution is -0.139. The average molecular weight is 869 g/mol. The van der Waals surface area contributed by atoms with E-state index in [1.165, 1.54) is 6.07 Å². The van der Waals surface area contributed by atoms with Crippen LogP contribution in [0.15, 0.2) is 118 Å². The number of nitrogens with zero attached hydrogens (tertiary/aromatic N) is 4. The molecule has 61 heavy (non-hydrogen) atoms. The number of allylic oxidation sites excluding steroid dienone is 2. The van der Waals surface area contributed by atoms with Crippen molar-refractivity contribution in [1.29, 1.82) is 0 Å². The van der Waals surface area contributed by atoms with E-state index in [2.05, 4.69) is 15.4 Å². The van der Waals surface area contributed by atoms with Crippen LogP contribution in [0.4, 0.5) is 24.7 Å². The quantitative estimate of drug-likeness (QED) is 0.118. The fourth-order valence-electron chi connectivity index (χ4n) is 9.73. The summed E-state index contributed by atoms with van der Waals surface area (Å²) in [6.45, 7) is -0.483. The van der Waals surface area contributed by atoms with Crippen LogP contribution in [-0.4, -0.2) is 43.7 Å². The van der Waals surface area contributed by atoms with Crippen LogP contribution in [0.25, 0.3) is 22.6 Å². The molecule has 0 spiro atoms. The van der Waals surface area contributed by atoms with Gasteiger partial charge in [-0.15, -0.1) is 0 Å². The fourth-order valence-corrected chi connectivity index (χ4v) is 10.1. The van der Waals surface area contributed by atoms with Crippen molar-refractivity contribution in [3.05, 3.63) is 142 Å². The number of pyridine rings is 1. The van der Waals surface area contributed by atoms with Gasteiger partial charge in [-0.3, -0.25) is 29.5 Å². The van der Waals surface area contributed by atoms with Gasteiger partial charge in [0.1, 0.15) is 29.1 Å². The summed E-state index contributed by atoms with van der Waals surface area (Å²) in [7, 11) is 0. The van der Waals surface area contributed by atoms with Gasteiger partial charge in [0, 0.05) is 16.8 Å². The lowest BCUT2D eigenvalue weighted by Crippen LogP contribution is -2.53. The number of aliphatic hydroxyl groups is 1. The van der Waals surface area contributed by atoms with Crippen LogP contribution in [0.5, 0.6) is 0 Å². The first-order valence-corrected chi connectivity index (χ1v) is 19.9. The van der Waals surface area contributed by atoms with E-state index in [1.54, 1.807) is 60.7 Å². The number of hydrogen-bond donors (Lipinski definition) is 2. The molecule has 0 radical (unpaired) electrons. The molecule has 5 heterocycles. The van der Waals surface area contributed by atoms with Gasteiger partial charge in [0.25, 0.3) is 11.8 Å². The van der Waals surface area contributed by atoms with E-state index in [0.717, 1.165) is 4.90 Å². The van der Waals surface area contributed by atoms with Gasteiger partial charge in [0.15, 0.2) is 11.4 Å². The number of fused-ring (bicyclic) bond motifs is 5. The number of para-hydroxylation sites is 2. The lowest BCUT2D eigenvalue weighted by Gasteiger charge is -2.49. The number of hydrogen-bond acceptors (Lipinski definition) is 10. The van der Waals surface area contributed by atoms with Crippen LogP contribution >= 0.6 is 23.2 Å². The number of anilines is 2. The summed E-state index contributed by atoms with van der Waals surface area (Å²) >= 11 is 12.6. The van der Waals surface area contributed by atoms with Gasteiger partial charge in [-0.05, 0) is 91.1 Å². The number of carbonyl (C=O) groups is 4. The number of imide groups is 2. The maximum atomic E-state index is 15.3. The summed E-state index contributed by atoms with van der Waals surface area (Å²) in [6.07, 6.45) is -2.36. The third-order valence-corrected chi connectivity index (χ3v) is 12.9. The Balaban J connectivity index is 1.06. The highest BCUT2D eigenvalue weighted by molar-refractivity contribution is 6.33. The highest BCUT2D eigenvalue weighted by Gasteiger charge is 2.71. The molecule has 3 aromatic carbocycles. The van der Waals surface area contributed by atoms with Crippen molar-refractivity contribution in [3.8, 4) is 11.5 Å². The Kier molecular flexibility index (Phi) is 9.02. The fraction of sp³-hybridized carbons (Fsp3) is 0.227. The van der Waals surface area contributed by atoms with Gasteiger partial charge in [0.2, 0.25) is 17.7 Å². The topological polar surface area (TPSA) is 159 Å². The number of alkyl halides is 3. The molecule has 0 unspecified atom stereocenters. The second kappa shape index (κ2) is 14.1. The monoisotopic (exact) mass is 867 g/mol. The summed E-state index contributed by atoms with van der Waals surface area (Å²) in [5, 5.41) is 10.6. The van der Waals surface area contributed by atoms with Crippen LogP contribution in [0, 0.1) is 23.7 Å². The minimum Gasteiger partial charge on any atom is -0.463 e. The largest absolute Gasteiger partial charge is 0.463 e. The summed E-state index contributed by atoms with van der Waals surface area (Å²) in [6, 6.07) is 24.1. The maximum absolute atomic E-state index is 15.3. The van der Waals surface area contributed by atoms with E-state index in [1.807, 2.05) is 24.3 Å². The molecule has 6 atom stereocenters. The zero-order valence-electron chi connectivity index (χ0n) is 31.4. The van der Waals surface area contributed by atoms with Gasteiger partial charge in [-0.1, -0.05) is 59.1 Å². The first-order valence-electron chi connectivity index (χ1n) is 19.2. The molecule has 0 bridgehead atoms. The van der Waals surface area contributed by atoms with Gasteiger partial charge in [0.05, 0.1) is 39.9 Å². The number of nitrogens with one attached hydrogen (secondary N) is 1. The molecule has 2 saturated heterocycles. The molecule has 6 aromatic rings. The number of oxazole rings is 1. The number of furan rings is 1. The number of hydrazine groups is 1. The second-order valence-electron chi connectivity index (χ2n) is 15.4. The molecule has 12 nitrogen and oxygen atoms in total. The van der Waals surface area contributed by atoms with Crippen LogP contribution in [-0.2, 0) is 37.4 Å². The molecule has 17 heteroatoms. The van der Waals surface area contributed by atoms with E-state index >= 15 is 4.79 Å². The SMILES string of the molecule is O=C1[C@@H]2C[C@@H]3C(=CC[C@@H]4C(=O)N(c5ccc(-c6nc7ccccc7o6)cc5)C(=O)[C@@H]43)[C@H](c3ccc(CO)o3)[C@]2(c2ccc(Cl)cc2)C(=O)N1Nc1ncc(C(F)(F)F)cc1Cl. The van der Waals surface area contributed by atoms with Gasteiger partial charge < -0.3 is 13.9 Å². The van der Waals surface area contributed by atoms with Crippen molar-refractivity contribution in [2.45, 2.75) is 37.0 Å². The van der Waals surface area contributed by atoms with Crippen LogP contribution in [0.1, 0.15) is 41.4 Å². The standard InChI is InChI=1S/C44H30Cl2F3N5O7/c45-24-9-7-22(8-10-24)43-30(40(57)54(42(43)59)52-37-31(46)17-23(19-50-37)44(47,48)49)18-29-27(36(43)34-16-13-26(20-55)60-34)14-15-28-35(29)41(58)53(39(28)56)25-11-5-21(6-12-25)38-51-32-3-1-2-4-33(32)61-38/h1-14,16-17,19,28-30,35-36,55H,15,18,20H2,(H,50,52)/t28-,29+,30-,35-,36+,43+/m0/s1. The zero-order valence-corrected chi connectivity index (χ0v) is 32.9. The summed E-state index contributed by atoms with van der Waals surface area (Å²) < 4.78 is 52.7. The number of amides is 4. The molecule has 1 saturated carbocycles. The maximum Gasteiger partial charge on any atom is 0.417 e. The smallest absolute Gasteiger partial charge is 0.417 e. The molecule has 3 fully saturated rings. The highest BCUT2D eigenvalue weighted by Crippen LogP contribution is 2.64. The summed E-state index contributed by atoms with van der Waals surface area (Å²) in [5.74, 6) is -6.96. The van der Waals surface area contributed by atoms with Crippen LogP contribution in [0.3, 0.4) is 0 Å². The third kappa shape index (κ3) is 5.92. The van der Waals surface area contributed by atoms with Gasteiger partial charge >= 0.3 is 6.18 Å². The number of halogens is 5. The molecule has 4 amide bonds. The van der Waals surface area contributed by atoms with E-state index < -0.39 is 82.0 Å². The molecule has 10 rings (SSSR count). The van der Waals surface area contributed by atoms with Gasteiger partial charge in [-0.2, -0.15) is 18.2 Å². The Labute approximate surface area is 353 Å². The van der Waals surface area contributed by atoms with E-state index in [4.69, 9.17) is 32.0 Å². The Morgan fingerprint density at radius 2 is 1.64 bits per heavy atom. The van der Waals surface area contributed by atoms with Crippen molar-refractivity contribution in [2.24, 2.45) is 23.7 Å². The molecule has 2 aliphatic heterocycles. The molecule has 4 aliphatic rings. The minimum absolute atomic E-state index is 0.0832. The van der Waals surface area contributed by atoms with Crippen molar-refractivity contribution in [2.75, 3.05) is 10.3 Å². The first kappa shape index (κ1) is 38.9. The predicted octanol–water partition coefficient (Wildman–Crippen LogP) is 8.49. The molecular weight excluding hydrogens is 838 g/mol. The normalized spacial score (nSPS) is 24.9. The number of carbonyl (C=O) groups excluding carboxylic acids is 4. The van der Waals surface area contributed by atoms with Crippen LogP contribution < -0.4 is 10.3 Å². The molecule has 3 aromatic heterocycles. The third-order valence-electron chi connectivity index (χ3n) is 12.3. The molecule has 2 N–H and O–H groups in total. The number of benzene rings is 3. The molecule has 308 valence electrons. The minimum atomic E-state index is -4.77. The van der Waals surface area contributed by atoms with Crippen molar-refractivity contribution in [3.63, 3.8) is 0 Å².